The average molecular weight is 365 g/mol. The molecule has 1 aromatic carbocycles. The van der Waals surface area contributed by atoms with Crippen molar-refractivity contribution in [3.63, 3.8) is 0 Å². The maximum Gasteiger partial charge on any atom is 0.251 e. The van der Waals surface area contributed by atoms with Crippen molar-refractivity contribution in [3.8, 4) is 0 Å². The van der Waals surface area contributed by atoms with Gasteiger partial charge in [0, 0.05) is 36.8 Å². The van der Waals surface area contributed by atoms with Crippen molar-refractivity contribution in [2.75, 3.05) is 18.8 Å². The molecule has 7 heteroatoms. The molecule has 3 rings (SSSR count). The van der Waals surface area contributed by atoms with Crippen LogP contribution < -0.4 is 10.6 Å². The van der Waals surface area contributed by atoms with Crippen molar-refractivity contribution in [2.45, 2.75) is 50.7 Å². The molecular weight excluding hydrogens is 338 g/mol. The second-order valence-electron chi connectivity index (χ2n) is 6.86. The number of sulfonamides is 1. The lowest BCUT2D eigenvalue weighted by Gasteiger charge is -2.38. The lowest BCUT2D eigenvalue weighted by molar-refractivity contribution is 0.0952. The van der Waals surface area contributed by atoms with Crippen molar-refractivity contribution in [3.05, 3.63) is 35.9 Å². The predicted molar refractivity (Wildman–Crippen MR) is 97.9 cm³/mol. The molecule has 2 saturated heterocycles. The fraction of sp³-hybridized carbons (Fsp3) is 0.611. The quantitative estimate of drug-likeness (QED) is 0.715. The molecule has 2 heterocycles. The molecule has 0 aromatic heterocycles. The minimum absolute atomic E-state index is 0.0636. The molecule has 0 aliphatic carbocycles. The van der Waals surface area contributed by atoms with Crippen molar-refractivity contribution in [1.29, 1.82) is 0 Å². The number of fused-ring (bicyclic) bond motifs is 2. The van der Waals surface area contributed by atoms with E-state index < -0.39 is 10.0 Å². The van der Waals surface area contributed by atoms with E-state index >= 15 is 0 Å². The number of amides is 1. The van der Waals surface area contributed by atoms with Crippen molar-refractivity contribution >= 4 is 15.9 Å². The smallest absolute Gasteiger partial charge is 0.251 e. The molecule has 2 bridgehead atoms. The van der Waals surface area contributed by atoms with Crippen LogP contribution in [0, 0.1) is 0 Å². The van der Waals surface area contributed by atoms with Gasteiger partial charge in [0.25, 0.3) is 5.91 Å². The van der Waals surface area contributed by atoms with Gasteiger partial charge in [0.15, 0.2) is 0 Å². The number of hydrogen-bond acceptors (Lipinski definition) is 4. The maximum absolute atomic E-state index is 12.2. The molecule has 1 amide bonds. The number of nitrogens with zero attached hydrogens (tertiary/aromatic N) is 1. The molecule has 6 nitrogen and oxygen atoms in total. The monoisotopic (exact) mass is 365 g/mol. The van der Waals surface area contributed by atoms with E-state index in [-0.39, 0.29) is 23.7 Å². The third kappa shape index (κ3) is 4.22. The lowest BCUT2D eigenvalue weighted by Crippen LogP contribution is -2.52. The molecule has 1 aromatic rings. The van der Waals surface area contributed by atoms with Gasteiger partial charge in [-0.15, -0.1) is 0 Å². The Bertz CT molecular complexity index is 679. The summed E-state index contributed by atoms with van der Waals surface area (Å²) < 4.78 is 26.3. The Morgan fingerprint density at radius 2 is 1.76 bits per heavy atom. The highest BCUT2D eigenvalue weighted by Crippen LogP contribution is 2.37. The van der Waals surface area contributed by atoms with Gasteiger partial charge in [0.2, 0.25) is 10.0 Å². The van der Waals surface area contributed by atoms with Crippen LogP contribution in [0.15, 0.2) is 30.3 Å². The molecule has 2 fully saturated rings. The van der Waals surface area contributed by atoms with Gasteiger partial charge in [0.1, 0.15) is 0 Å². The Labute approximate surface area is 150 Å². The third-order valence-electron chi connectivity index (χ3n) is 5.23. The minimum atomic E-state index is -3.10. The average Bonchev–Trinajstić information content (AvgIpc) is 2.91. The fourth-order valence-electron chi connectivity index (χ4n) is 4.05. The van der Waals surface area contributed by atoms with Crippen LogP contribution in [0.5, 0.6) is 0 Å². The van der Waals surface area contributed by atoms with E-state index in [4.69, 9.17) is 0 Å². The zero-order valence-electron chi connectivity index (χ0n) is 14.6. The van der Waals surface area contributed by atoms with Gasteiger partial charge in [-0.1, -0.05) is 18.2 Å². The number of carbonyl (C=O) groups is 1. The third-order valence-corrected chi connectivity index (χ3v) is 7.20. The normalized spacial score (nSPS) is 26.5. The van der Waals surface area contributed by atoms with Crippen molar-refractivity contribution < 1.29 is 13.2 Å². The number of nitrogens with one attached hydrogen (secondary N) is 2. The van der Waals surface area contributed by atoms with E-state index in [1.807, 2.05) is 18.2 Å². The van der Waals surface area contributed by atoms with Crippen LogP contribution in [0.2, 0.25) is 0 Å². The second-order valence-corrected chi connectivity index (χ2v) is 9.02. The van der Waals surface area contributed by atoms with Crippen LogP contribution in [0.25, 0.3) is 0 Å². The van der Waals surface area contributed by atoms with Crippen molar-refractivity contribution in [2.24, 2.45) is 0 Å². The number of piperidine rings is 1. The van der Waals surface area contributed by atoms with Crippen LogP contribution in [-0.2, 0) is 10.0 Å². The van der Waals surface area contributed by atoms with E-state index in [0.717, 1.165) is 25.7 Å². The van der Waals surface area contributed by atoms with E-state index in [1.54, 1.807) is 23.4 Å². The molecule has 0 spiro atoms. The summed E-state index contributed by atoms with van der Waals surface area (Å²) in [5, 5.41) is 6.39. The summed E-state index contributed by atoms with van der Waals surface area (Å²) in [6, 6.07) is 9.78. The first-order chi connectivity index (χ1) is 12.0. The van der Waals surface area contributed by atoms with Gasteiger partial charge in [0.05, 0.1) is 5.75 Å². The number of benzene rings is 1. The summed E-state index contributed by atoms with van der Waals surface area (Å²) >= 11 is 0. The number of rotatable bonds is 7. The van der Waals surface area contributed by atoms with E-state index in [1.165, 1.54) is 0 Å². The van der Waals surface area contributed by atoms with Crippen LogP contribution in [0.4, 0.5) is 0 Å². The molecule has 2 aliphatic heterocycles. The minimum Gasteiger partial charge on any atom is -0.351 e. The Kier molecular flexibility index (Phi) is 5.76. The Balaban J connectivity index is 1.43. The molecule has 2 aliphatic rings. The second kappa shape index (κ2) is 7.85. The highest BCUT2D eigenvalue weighted by molar-refractivity contribution is 7.89. The predicted octanol–water partition coefficient (Wildman–Crippen LogP) is 1.35. The highest BCUT2D eigenvalue weighted by Gasteiger charge is 2.45. The summed E-state index contributed by atoms with van der Waals surface area (Å²) in [5.41, 5.74) is 0.665. The first kappa shape index (κ1) is 18.4. The van der Waals surface area contributed by atoms with Crippen molar-refractivity contribution in [1.82, 2.24) is 14.9 Å². The lowest BCUT2D eigenvalue weighted by atomic mass is 10.00. The van der Waals surface area contributed by atoms with Crippen LogP contribution in [-0.4, -0.2) is 55.6 Å². The molecule has 1 unspecified atom stereocenters. The molecule has 0 radical (unpaired) electrons. The van der Waals surface area contributed by atoms with Gasteiger partial charge in [-0.2, -0.15) is 4.31 Å². The molecule has 3 atom stereocenters. The van der Waals surface area contributed by atoms with Gasteiger partial charge in [-0.25, -0.2) is 8.42 Å². The fourth-order valence-corrected chi connectivity index (χ4v) is 5.64. The zero-order chi connectivity index (χ0) is 17.9. The Morgan fingerprint density at radius 1 is 1.12 bits per heavy atom. The summed E-state index contributed by atoms with van der Waals surface area (Å²) in [5.74, 6) is 0.121. The standard InChI is InChI=1S/C18H27N3O3S/c1-2-25(23,24)21-16-8-9-17(21)13-15(12-16)19-10-11-20-18(22)14-6-4-3-5-7-14/h3-7,15-17,19H,2,8-13H2,1H3,(H,20,22)/t15?,16-,17+. The first-order valence-corrected chi connectivity index (χ1v) is 10.7. The summed E-state index contributed by atoms with van der Waals surface area (Å²) in [6.07, 6.45) is 3.66. The van der Waals surface area contributed by atoms with E-state index in [0.29, 0.717) is 24.7 Å². The number of hydrogen-bond donors (Lipinski definition) is 2. The van der Waals surface area contributed by atoms with E-state index in [2.05, 4.69) is 10.6 Å². The van der Waals surface area contributed by atoms with Gasteiger partial charge in [-0.05, 0) is 44.7 Å². The summed E-state index contributed by atoms with van der Waals surface area (Å²) in [6.45, 7) is 2.98. The molecule has 25 heavy (non-hydrogen) atoms. The molecular formula is C18H27N3O3S. The largest absolute Gasteiger partial charge is 0.351 e. The van der Waals surface area contributed by atoms with E-state index in [9.17, 15) is 13.2 Å². The number of carbonyl (C=O) groups excluding carboxylic acids is 1. The Morgan fingerprint density at radius 3 is 2.36 bits per heavy atom. The first-order valence-electron chi connectivity index (χ1n) is 9.09. The maximum atomic E-state index is 12.2. The summed E-state index contributed by atoms with van der Waals surface area (Å²) in [4.78, 5) is 12.0. The Hall–Kier alpha value is -1.44. The summed E-state index contributed by atoms with van der Waals surface area (Å²) in [7, 11) is -3.10. The van der Waals surface area contributed by atoms with Crippen LogP contribution in [0.3, 0.4) is 0 Å². The van der Waals surface area contributed by atoms with Crippen LogP contribution in [0.1, 0.15) is 43.0 Å². The van der Waals surface area contributed by atoms with Gasteiger partial charge in [-0.3, -0.25) is 4.79 Å². The topological polar surface area (TPSA) is 78.5 Å². The zero-order valence-corrected chi connectivity index (χ0v) is 15.5. The SMILES string of the molecule is CCS(=O)(=O)N1[C@@H]2CC[C@H]1CC(NCCNC(=O)c1ccccc1)C2. The molecule has 138 valence electrons. The molecule has 2 N–H and O–H groups in total. The van der Waals surface area contributed by atoms with Gasteiger partial charge >= 0.3 is 0 Å². The molecule has 0 saturated carbocycles. The van der Waals surface area contributed by atoms with Gasteiger partial charge < -0.3 is 10.6 Å². The van der Waals surface area contributed by atoms with Crippen LogP contribution >= 0.6 is 0 Å². The highest BCUT2D eigenvalue weighted by atomic mass is 32.2.